The molecule has 0 aliphatic heterocycles. The minimum absolute atomic E-state index is 0.365. The predicted octanol–water partition coefficient (Wildman–Crippen LogP) is 4.56. The molecule has 16 heavy (non-hydrogen) atoms. The third-order valence-corrected chi connectivity index (χ3v) is 4.30. The molecule has 1 aromatic carbocycles. The highest BCUT2D eigenvalue weighted by Gasteiger charge is 2.23. The van der Waals surface area contributed by atoms with Crippen LogP contribution in [-0.2, 0) is 11.3 Å². The van der Waals surface area contributed by atoms with Gasteiger partial charge in [0.15, 0.2) is 0 Å². The summed E-state index contributed by atoms with van der Waals surface area (Å²) in [5, 5.41) is 0.778. The molecule has 1 aromatic rings. The highest BCUT2D eigenvalue weighted by Crippen LogP contribution is 2.27. The molecule has 0 spiro atoms. The SMILES string of the molecule is Clc1ccc(COC2CCCCC2Br)cc1. The van der Waals surface area contributed by atoms with Gasteiger partial charge in [0.05, 0.1) is 12.7 Å². The summed E-state index contributed by atoms with van der Waals surface area (Å²) in [4.78, 5) is 0.522. The van der Waals surface area contributed by atoms with Crippen molar-refractivity contribution in [3.05, 3.63) is 34.9 Å². The van der Waals surface area contributed by atoms with Crippen LogP contribution in [0.5, 0.6) is 0 Å². The maximum absolute atomic E-state index is 5.93. The van der Waals surface area contributed by atoms with Crippen molar-refractivity contribution in [1.82, 2.24) is 0 Å². The lowest BCUT2D eigenvalue weighted by atomic mass is 9.97. The predicted molar refractivity (Wildman–Crippen MR) is 71.2 cm³/mol. The fraction of sp³-hybridized carbons (Fsp3) is 0.538. The maximum atomic E-state index is 5.93. The van der Waals surface area contributed by atoms with Gasteiger partial charge in [0.1, 0.15) is 0 Å². The lowest BCUT2D eigenvalue weighted by Crippen LogP contribution is -2.27. The van der Waals surface area contributed by atoms with Gasteiger partial charge in [0, 0.05) is 9.85 Å². The first-order valence-corrected chi connectivity index (χ1v) is 7.05. The summed E-state index contributed by atoms with van der Waals surface area (Å²) < 4.78 is 5.93. The number of hydrogen-bond donors (Lipinski definition) is 0. The second-order valence-corrected chi connectivity index (χ2v) is 5.89. The second kappa shape index (κ2) is 6.04. The van der Waals surface area contributed by atoms with Crippen LogP contribution in [-0.4, -0.2) is 10.9 Å². The highest BCUT2D eigenvalue weighted by molar-refractivity contribution is 9.09. The summed E-state index contributed by atoms with van der Waals surface area (Å²) in [6.07, 6.45) is 5.36. The number of benzene rings is 1. The first-order valence-electron chi connectivity index (χ1n) is 5.76. The fourth-order valence-corrected chi connectivity index (χ4v) is 2.89. The van der Waals surface area contributed by atoms with Crippen LogP contribution in [0, 0.1) is 0 Å². The average Bonchev–Trinajstić information content (AvgIpc) is 2.30. The van der Waals surface area contributed by atoms with E-state index in [0.29, 0.717) is 17.5 Å². The Bertz CT molecular complexity index is 325. The number of halogens is 2. The summed E-state index contributed by atoms with van der Waals surface area (Å²) >= 11 is 9.53. The van der Waals surface area contributed by atoms with Crippen molar-refractivity contribution in [3.63, 3.8) is 0 Å². The van der Waals surface area contributed by atoms with Crippen LogP contribution in [0.3, 0.4) is 0 Å². The Morgan fingerprint density at radius 1 is 1.19 bits per heavy atom. The highest BCUT2D eigenvalue weighted by atomic mass is 79.9. The molecule has 0 amide bonds. The number of rotatable bonds is 3. The van der Waals surface area contributed by atoms with Gasteiger partial charge in [-0.2, -0.15) is 0 Å². The van der Waals surface area contributed by atoms with Gasteiger partial charge in [-0.05, 0) is 30.5 Å². The first-order chi connectivity index (χ1) is 7.75. The first kappa shape index (κ1) is 12.4. The number of ether oxygens (including phenoxy) is 1. The van der Waals surface area contributed by atoms with Crippen molar-refractivity contribution in [2.45, 2.75) is 43.2 Å². The molecule has 88 valence electrons. The van der Waals surface area contributed by atoms with Crippen LogP contribution in [0.25, 0.3) is 0 Å². The normalized spacial score (nSPS) is 25.6. The van der Waals surface area contributed by atoms with E-state index < -0.39 is 0 Å². The summed E-state index contributed by atoms with van der Waals surface area (Å²) in [5.74, 6) is 0. The Kier molecular flexibility index (Phi) is 4.68. The Morgan fingerprint density at radius 3 is 2.56 bits per heavy atom. The smallest absolute Gasteiger partial charge is 0.0721 e. The zero-order chi connectivity index (χ0) is 11.4. The van der Waals surface area contributed by atoms with E-state index in [-0.39, 0.29) is 0 Å². The van der Waals surface area contributed by atoms with E-state index in [4.69, 9.17) is 16.3 Å². The maximum Gasteiger partial charge on any atom is 0.0721 e. The van der Waals surface area contributed by atoms with Crippen LogP contribution >= 0.6 is 27.5 Å². The summed E-state index contributed by atoms with van der Waals surface area (Å²) in [6.45, 7) is 0.684. The minimum atomic E-state index is 0.365. The molecule has 2 unspecified atom stereocenters. The number of alkyl halides is 1. The summed E-state index contributed by atoms with van der Waals surface area (Å²) in [7, 11) is 0. The molecule has 2 rings (SSSR count). The second-order valence-electron chi connectivity index (χ2n) is 4.28. The van der Waals surface area contributed by atoms with E-state index in [2.05, 4.69) is 15.9 Å². The van der Waals surface area contributed by atoms with Crippen molar-refractivity contribution >= 4 is 27.5 Å². The molecule has 1 aliphatic rings. The Hall–Kier alpha value is -0.0500. The van der Waals surface area contributed by atoms with Crippen LogP contribution in [0.15, 0.2) is 24.3 Å². The molecule has 2 atom stereocenters. The Labute approximate surface area is 110 Å². The molecule has 0 radical (unpaired) electrons. The molecule has 0 bridgehead atoms. The minimum Gasteiger partial charge on any atom is -0.372 e. The zero-order valence-electron chi connectivity index (χ0n) is 9.16. The van der Waals surface area contributed by atoms with Crippen molar-refractivity contribution < 1.29 is 4.74 Å². The molecular weight excluding hydrogens is 287 g/mol. The van der Waals surface area contributed by atoms with Crippen LogP contribution < -0.4 is 0 Å². The Balaban J connectivity index is 1.84. The van der Waals surface area contributed by atoms with E-state index in [1.807, 2.05) is 24.3 Å². The van der Waals surface area contributed by atoms with Gasteiger partial charge in [-0.25, -0.2) is 0 Å². The van der Waals surface area contributed by atoms with Gasteiger partial charge in [0.2, 0.25) is 0 Å². The van der Waals surface area contributed by atoms with Crippen molar-refractivity contribution in [1.29, 1.82) is 0 Å². The van der Waals surface area contributed by atoms with E-state index in [1.165, 1.54) is 31.2 Å². The Morgan fingerprint density at radius 2 is 1.88 bits per heavy atom. The average molecular weight is 304 g/mol. The van der Waals surface area contributed by atoms with Gasteiger partial charge >= 0.3 is 0 Å². The van der Waals surface area contributed by atoms with Gasteiger partial charge in [0.25, 0.3) is 0 Å². The lowest BCUT2D eigenvalue weighted by molar-refractivity contribution is 0.0227. The van der Waals surface area contributed by atoms with Crippen LogP contribution in [0.4, 0.5) is 0 Å². The third kappa shape index (κ3) is 3.47. The van der Waals surface area contributed by atoms with Crippen molar-refractivity contribution in [3.8, 4) is 0 Å². The molecule has 1 aliphatic carbocycles. The zero-order valence-corrected chi connectivity index (χ0v) is 11.5. The molecule has 1 saturated carbocycles. The molecule has 0 heterocycles. The van der Waals surface area contributed by atoms with Gasteiger partial charge in [-0.1, -0.05) is 52.5 Å². The van der Waals surface area contributed by atoms with Gasteiger partial charge < -0.3 is 4.74 Å². The molecular formula is C13H16BrClO. The quantitative estimate of drug-likeness (QED) is 0.744. The van der Waals surface area contributed by atoms with Crippen molar-refractivity contribution in [2.24, 2.45) is 0 Å². The van der Waals surface area contributed by atoms with E-state index in [9.17, 15) is 0 Å². The van der Waals surface area contributed by atoms with Gasteiger partial charge in [-0.15, -0.1) is 0 Å². The molecule has 0 N–H and O–H groups in total. The third-order valence-electron chi connectivity index (χ3n) is 3.00. The summed E-state index contributed by atoms with van der Waals surface area (Å²) in [5.41, 5.74) is 1.19. The lowest BCUT2D eigenvalue weighted by Gasteiger charge is -2.27. The van der Waals surface area contributed by atoms with Crippen LogP contribution in [0.2, 0.25) is 5.02 Å². The summed E-state index contributed by atoms with van der Waals surface area (Å²) in [6, 6.07) is 7.86. The topological polar surface area (TPSA) is 9.23 Å². The van der Waals surface area contributed by atoms with E-state index >= 15 is 0 Å². The van der Waals surface area contributed by atoms with Gasteiger partial charge in [-0.3, -0.25) is 0 Å². The fourth-order valence-electron chi connectivity index (χ4n) is 2.02. The molecule has 3 heteroatoms. The largest absolute Gasteiger partial charge is 0.372 e. The monoisotopic (exact) mass is 302 g/mol. The standard InChI is InChI=1S/C13H16BrClO/c14-12-3-1-2-4-13(12)16-9-10-5-7-11(15)8-6-10/h5-8,12-13H,1-4,9H2. The van der Waals surface area contributed by atoms with Crippen LogP contribution in [0.1, 0.15) is 31.2 Å². The molecule has 0 saturated heterocycles. The van der Waals surface area contributed by atoms with E-state index in [0.717, 1.165) is 5.02 Å². The molecule has 0 aromatic heterocycles. The molecule has 1 nitrogen and oxygen atoms in total. The number of hydrogen-bond acceptors (Lipinski definition) is 1. The van der Waals surface area contributed by atoms with E-state index in [1.54, 1.807) is 0 Å². The van der Waals surface area contributed by atoms with Crippen molar-refractivity contribution in [2.75, 3.05) is 0 Å². The molecule has 1 fully saturated rings.